The Morgan fingerprint density at radius 3 is 2.94 bits per heavy atom. The van der Waals surface area contributed by atoms with Gasteiger partial charge in [0.05, 0.1) is 0 Å². The van der Waals surface area contributed by atoms with Gasteiger partial charge in [0.15, 0.2) is 4.34 Å². The van der Waals surface area contributed by atoms with Crippen molar-refractivity contribution in [3.63, 3.8) is 0 Å². The lowest BCUT2D eigenvalue weighted by molar-refractivity contribution is 0.285. The van der Waals surface area contributed by atoms with E-state index in [2.05, 4.69) is 21.6 Å². The molecule has 17 heavy (non-hydrogen) atoms. The topological polar surface area (TPSA) is 37.8 Å². The maximum Gasteiger partial charge on any atom is 0.170 e. The van der Waals surface area contributed by atoms with Crippen LogP contribution in [0, 0.1) is 12.8 Å². The zero-order chi connectivity index (χ0) is 12.1. The number of hydrogen-bond donors (Lipinski definition) is 1. The van der Waals surface area contributed by atoms with Crippen LogP contribution >= 0.6 is 23.3 Å². The Labute approximate surface area is 112 Å². The van der Waals surface area contributed by atoms with Gasteiger partial charge in [0.25, 0.3) is 0 Å². The van der Waals surface area contributed by atoms with E-state index >= 15 is 0 Å². The molecule has 3 nitrogen and oxygen atoms in total. The fourth-order valence-corrected chi connectivity index (χ4v) is 3.93. The molecule has 1 aromatic rings. The summed E-state index contributed by atoms with van der Waals surface area (Å²) in [5.41, 5.74) is 0. The molecule has 1 fully saturated rings. The third-order valence-corrected chi connectivity index (χ3v) is 5.28. The molecule has 0 saturated heterocycles. The predicted molar refractivity (Wildman–Crippen MR) is 74.8 cm³/mol. The van der Waals surface area contributed by atoms with Crippen molar-refractivity contribution in [2.75, 3.05) is 12.3 Å². The van der Waals surface area contributed by atoms with Crippen LogP contribution in [0.15, 0.2) is 4.34 Å². The predicted octanol–water partition coefficient (Wildman–Crippen LogP) is 3.11. The van der Waals surface area contributed by atoms with Crippen LogP contribution in [0.5, 0.6) is 0 Å². The Morgan fingerprint density at radius 2 is 2.24 bits per heavy atom. The van der Waals surface area contributed by atoms with Gasteiger partial charge in [-0.15, -0.1) is 0 Å². The van der Waals surface area contributed by atoms with Gasteiger partial charge in [-0.05, 0) is 37.2 Å². The van der Waals surface area contributed by atoms with Gasteiger partial charge >= 0.3 is 0 Å². The molecule has 1 aromatic heterocycles. The van der Waals surface area contributed by atoms with Crippen molar-refractivity contribution < 1.29 is 0 Å². The average Bonchev–Trinajstić information content (AvgIpc) is 2.73. The summed E-state index contributed by atoms with van der Waals surface area (Å²) in [7, 11) is 0. The summed E-state index contributed by atoms with van der Waals surface area (Å²) >= 11 is 3.32. The second-order valence-corrected chi connectivity index (χ2v) is 6.87. The first-order chi connectivity index (χ1) is 8.25. The maximum atomic E-state index is 4.35. The number of nitrogens with zero attached hydrogens (tertiary/aromatic N) is 2. The minimum Gasteiger partial charge on any atom is -0.313 e. The van der Waals surface area contributed by atoms with E-state index in [4.69, 9.17) is 0 Å². The Morgan fingerprint density at radius 1 is 1.41 bits per heavy atom. The number of thioether (sulfide) groups is 1. The molecule has 1 N–H and O–H groups in total. The number of aromatic nitrogens is 2. The monoisotopic (exact) mass is 271 g/mol. The highest BCUT2D eigenvalue weighted by molar-refractivity contribution is 8.00. The second kappa shape index (κ2) is 6.71. The molecule has 2 unspecified atom stereocenters. The molecule has 1 aliphatic rings. The van der Waals surface area contributed by atoms with Gasteiger partial charge in [-0.2, -0.15) is 4.37 Å². The number of hydrogen-bond acceptors (Lipinski definition) is 5. The second-order valence-electron chi connectivity index (χ2n) is 4.78. The van der Waals surface area contributed by atoms with E-state index in [1.807, 2.05) is 18.7 Å². The van der Waals surface area contributed by atoms with Crippen molar-refractivity contribution in [2.24, 2.45) is 5.92 Å². The molecule has 0 radical (unpaired) electrons. The Bertz CT molecular complexity index is 340. The Kier molecular flexibility index (Phi) is 5.25. The Hall–Kier alpha value is -0.130. The van der Waals surface area contributed by atoms with Crippen LogP contribution in [0.2, 0.25) is 0 Å². The number of aryl methyl sites for hydroxylation is 1. The van der Waals surface area contributed by atoms with Crippen LogP contribution in [-0.2, 0) is 0 Å². The third kappa shape index (κ3) is 4.23. The zero-order valence-electron chi connectivity index (χ0n) is 10.6. The van der Waals surface area contributed by atoms with Crippen LogP contribution in [0.25, 0.3) is 0 Å². The minimum atomic E-state index is 0.737. The van der Waals surface area contributed by atoms with Crippen molar-refractivity contribution in [3.05, 3.63) is 5.82 Å². The van der Waals surface area contributed by atoms with Crippen molar-refractivity contribution in [1.82, 2.24) is 14.7 Å². The van der Waals surface area contributed by atoms with E-state index in [0.29, 0.717) is 0 Å². The third-order valence-electron chi connectivity index (χ3n) is 3.35. The lowest BCUT2D eigenvalue weighted by Gasteiger charge is -2.29. The van der Waals surface area contributed by atoms with Crippen molar-refractivity contribution in [1.29, 1.82) is 0 Å². The molecule has 0 amide bonds. The van der Waals surface area contributed by atoms with Crippen LogP contribution in [-0.4, -0.2) is 27.7 Å². The highest BCUT2D eigenvalue weighted by atomic mass is 32.2. The maximum absolute atomic E-state index is 4.35. The normalized spacial score (nSPS) is 25.1. The first-order valence-corrected chi connectivity index (χ1v) is 8.18. The lowest BCUT2D eigenvalue weighted by Crippen LogP contribution is -2.38. The lowest BCUT2D eigenvalue weighted by atomic mass is 9.86. The van der Waals surface area contributed by atoms with Gasteiger partial charge in [-0.25, -0.2) is 4.98 Å². The van der Waals surface area contributed by atoms with E-state index in [1.54, 1.807) is 0 Å². The van der Waals surface area contributed by atoms with Gasteiger partial charge in [-0.3, -0.25) is 0 Å². The first kappa shape index (κ1) is 13.3. The highest BCUT2D eigenvalue weighted by Crippen LogP contribution is 2.24. The molecule has 2 atom stereocenters. The molecule has 96 valence electrons. The van der Waals surface area contributed by atoms with E-state index < -0.39 is 0 Å². The summed E-state index contributed by atoms with van der Waals surface area (Å²) in [6, 6.07) is 0.737. The van der Waals surface area contributed by atoms with Crippen LogP contribution in [0.1, 0.15) is 38.4 Å². The summed E-state index contributed by atoms with van der Waals surface area (Å²) < 4.78 is 5.28. The van der Waals surface area contributed by atoms with E-state index in [-0.39, 0.29) is 0 Å². The van der Waals surface area contributed by atoms with Crippen LogP contribution in [0.4, 0.5) is 0 Å². The molecular weight excluding hydrogens is 250 g/mol. The number of rotatable bonds is 5. The van der Waals surface area contributed by atoms with Gasteiger partial charge in [0.2, 0.25) is 0 Å². The average molecular weight is 271 g/mol. The molecule has 1 heterocycles. The zero-order valence-corrected chi connectivity index (χ0v) is 12.2. The van der Waals surface area contributed by atoms with E-state index in [1.165, 1.54) is 37.2 Å². The summed E-state index contributed by atoms with van der Waals surface area (Å²) in [6.45, 7) is 5.40. The van der Waals surface area contributed by atoms with Gasteiger partial charge in [0.1, 0.15) is 5.82 Å². The molecule has 0 spiro atoms. The highest BCUT2D eigenvalue weighted by Gasteiger charge is 2.20. The van der Waals surface area contributed by atoms with Gasteiger partial charge in [0, 0.05) is 18.3 Å². The smallest absolute Gasteiger partial charge is 0.170 e. The van der Waals surface area contributed by atoms with Gasteiger partial charge < -0.3 is 5.32 Å². The molecule has 1 saturated carbocycles. The molecular formula is C12H21N3S2. The van der Waals surface area contributed by atoms with Crippen LogP contribution in [0.3, 0.4) is 0 Å². The summed E-state index contributed by atoms with van der Waals surface area (Å²) in [5, 5.41) is 3.68. The molecule has 5 heteroatoms. The van der Waals surface area contributed by atoms with Crippen LogP contribution < -0.4 is 5.32 Å². The Balaban J connectivity index is 1.62. The summed E-state index contributed by atoms with van der Waals surface area (Å²) in [6.07, 6.45) is 5.55. The van der Waals surface area contributed by atoms with E-state index in [0.717, 1.165) is 34.4 Å². The standard InChI is InChI=1S/C12H21N3S2/c1-9-5-3-4-6-11(9)13-7-8-16-12-14-10(2)15-17-12/h9,11,13H,3-8H2,1-2H3. The number of nitrogens with one attached hydrogen (secondary N) is 1. The van der Waals surface area contributed by atoms with Gasteiger partial charge in [-0.1, -0.05) is 31.5 Å². The largest absolute Gasteiger partial charge is 0.313 e. The van der Waals surface area contributed by atoms with E-state index in [9.17, 15) is 0 Å². The molecule has 0 aromatic carbocycles. The molecule has 0 aliphatic heterocycles. The molecule has 0 bridgehead atoms. The SMILES string of the molecule is Cc1nsc(SCCNC2CCCCC2C)n1. The summed E-state index contributed by atoms with van der Waals surface area (Å²) in [4.78, 5) is 4.35. The summed E-state index contributed by atoms with van der Waals surface area (Å²) in [5.74, 6) is 2.83. The van der Waals surface area contributed by atoms with Crippen molar-refractivity contribution in [3.8, 4) is 0 Å². The fraction of sp³-hybridized carbons (Fsp3) is 0.833. The van der Waals surface area contributed by atoms with Crippen molar-refractivity contribution in [2.45, 2.75) is 49.9 Å². The fourth-order valence-electron chi connectivity index (χ4n) is 2.34. The van der Waals surface area contributed by atoms with Crippen molar-refractivity contribution >= 4 is 23.3 Å². The molecule has 2 rings (SSSR count). The quantitative estimate of drug-likeness (QED) is 0.659. The first-order valence-electron chi connectivity index (χ1n) is 6.42. The minimum absolute atomic E-state index is 0.737. The molecule has 1 aliphatic carbocycles.